The second-order valence-corrected chi connectivity index (χ2v) is 8.82. The smallest absolute Gasteiger partial charge is 0.254 e. The summed E-state index contributed by atoms with van der Waals surface area (Å²) in [5.74, 6) is -0.551. The lowest BCUT2D eigenvalue weighted by atomic mass is 9.76. The first-order valence-corrected chi connectivity index (χ1v) is 10.9. The van der Waals surface area contributed by atoms with Crippen molar-refractivity contribution in [3.05, 3.63) is 99.0 Å². The van der Waals surface area contributed by atoms with Gasteiger partial charge < -0.3 is 10.2 Å². The molecule has 0 saturated carbocycles. The highest BCUT2D eigenvalue weighted by molar-refractivity contribution is 9.10. The highest BCUT2D eigenvalue weighted by Gasteiger charge is 2.46. The van der Waals surface area contributed by atoms with Crippen LogP contribution in [0.5, 0.6) is 0 Å². The Morgan fingerprint density at radius 3 is 2.57 bits per heavy atom. The number of amides is 2. The zero-order valence-electron chi connectivity index (χ0n) is 16.6. The molecule has 0 bridgehead atoms. The Kier molecular flexibility index (Phi) is 4.70. The highest BCUT2D eigenvalue weighted by atomic mass is 79.9. The van der Waals surface area contributed by atoms with Crippen LogP contribution in [0.15, 0.2) is 71.2 Å². The monoisotopic (exact) mass is 460 g/mol. The molecule has 30 heavy (non-hydrogen) atoms. The number of nitrogens with one attached hydrogen (secondary N) is 1. The van der Waals surface area contributed by atoms with Gasteiger partial charge in [-0.2, -0.15) is 0 Å². The quantitative estimate of drug-likeness (QED) is 0.568. The van der Waals surface area contributed by atoms with E-state index in [4.69, 9.17) is 0 Å². The number of nitrogens with zero attached hydrogens (tertiary/aromatic N) is 1. The molecule has 0 unspecified atom stereocenters. The third-order valence-corrected chi connectivity index (χ3v) is 6.66. The van der Waals surface area contributed by atoms with E-state index in [0.29, 0.717) is 12.1 Å². The summed E-state index contributed by atoms with van der Waals surface area (Å²) in [5, 5.41) is 3.13. The van der Waals surface area contributed by atoms with Crippen molar-refractivity contribution in [1.82, 2.24) is 4.90 Å². The maximum Gasteiger partial charge on any atom is 0.254 e. The number of benzene rings is 3. The first-order valence-electron chi connectivity index (χ1n) is 10.1. The Balaban J connectivity index is 1.63. The van der Waals surface area contributed by atoms with E-state index >= 15 is 0 Å². The van der Waals surface area contributed by atoms with Gasteiger partial charge in [-0.05, 0) is 59.9 Å². The Labute approximate surface area is 184 Å². The molecule has 3 aromatic rings. The molecule has 2 aliphatic heterocycles. The number of hydrogen-bond donors (Lipinski definition) is 1. The van der Waals surface area contributed by atoms with Crippen LogP contribution in [-0.4, -0.2) is 23.3 Å². The summed E-state index contributed by atoms with van der Waals surface area (Å²) in [7, 11) is 0. The van der Waals surface area contributed by atoms with Gasteiger partial charge in [-0.1, -0.05) is 58.4 Å². The van der Waals surface area contributed by atoms with Crippen molar-refractivity contribution in [2.45, 2.75) is 25.3 Å². The third kappa shape index (κ3) is 3.05. The van der Waals surface area contributed by atoms with Gasteiger partial charge in [0.05, 0.1) is 12.0 Å². The molecular formula is C25H21BrN2O2. The lowest BCUT2D eigenvalue weighted by Crippen LogP contribution is -2.49. The molecule has 2 heterocycles. The average Bonchev–Trinajstić information content (AvgIpc) is 2.76. The van der Waals surface area contributed by atoms with Crippen molar-refractivity contribution < 1.29 is 9.59 Å². The number of anilines is 1. The zero-order chi connectivity index (χ0) is 20.8. The number of halogens is 1. The van der Waals surface area contributed by atoms with Crippen LogP contribution >= 0.6 is 15.9 Å². The van der Waals surface area contributed by atoms with E-state index in [-0.39, 0.29) is 17.9 Å². The molecule has 0 radical (unpaired) electrons. The summed E-state index contributed by atoms with van der Waals surface area (Å²) in [6, 6.07) is 21.2. The van der Waals surface area contributed by atoms with Gasteiger partial charge in [-0.15, -0.1) is 0 Å². The topological polar surface area (TPSA) is 49.4 Å². The van der Waals surface area contributed by atoms with Crippen molar-refractivity contribution >= 4 is 33.4 Å². The van der Waals surface area contributed by atoms with Gasteiger partial charge in [0.2, 0.25) is 5.91 Å². The molecule has 0 spiro atoms. The van der Waals surface area contributed by atoms with Gasteiger partial charge in [0.15, 0.2) is 0 Å². The molecule has 0 aliphatic carbocycles. The van der Waals surface area contributed by atoms with Crippen LogP contribution in [0.4, 0.5) is 5.69 Å². The van der Waals surface area contributed by atoms with Crippen LogP contribution in [0, 0.1) is 6.92 Å². The molecule has 5 rings (SSSR count). The molecule has 2 amide bonds. The molecule has 5 heteroatoms. The van der Waals surface area contributed by atoms with Gasteiger partial charge in [-0.3, -0.25) is 9.59 Å². The lowest BCUT2D eigenvalue weighted by molar-refractivity contribution is -0.119. The largest absolute Gasteiger partial charge is 0.330 e. The fourth-order valence-corrected chi connectivity index (χ4v) is 5.21. The van der Waals surface area contributed by atoms with Crippen LogP contribution < -0.4 is 5.32 Å². The number of aryl methyl sites for hydroxylation is 1. The normalized spacial score (nSPS) is 19.5. The molecule has 0 fully saturated rings. The number of fused-ring (bicyclic) bond motifs is 4. The van der Waals surface area contributed by atoms with Gasteiger partial charge in [0, 0.05) is 22.3 Å². The van der Waals surface area contributed by atoms with Crippen molar-refractivity contribution in [2.24, 2.45) is 0 Å². The van der Waals surface area contributed by atoms with E-state index in [2.05, 4.69) is 33.4 Å². The lowest BCUT2D eigenvalue weighted by Gasteiger charge is -2.45. The number of rotatable bonds is 2. The van der Waals surface area contributed by atoms with Gasteiger partial charge >= 0.3 is 0 Å². The fraction of sp³-hybridized carbons (Fsp3) is 0.200. The Morgan fingerprint density at radius 1 is 1.03 bits per heavy atom. The van der Waals surface area contributed by atoms with Crippen molar-refractivity contribution in [3.63, 3.8) is 0 Å². The maximum atomic E-state index is 13.7. The molecular weight excluding hydrogens is 440 g/mol. The Bertz CT molecular complexity index is 1170. The molecule has 0 saturated heterocycles. The minimum absolute atomic E-state index is 0.00831. The molecule has 4 nitrogen and oxygen atoms in total. The van der Waals surface area contributed by atoms with Crippen LogP contribution in [0.25, 0.3) is 0 Å². The van der Waals surface area contributed by atoms with Crippen LogP contribution in [0.1, 0.15) is 44.6 Å². The predicted octanol–water partition coefficient (Wildman–Crippen LogP) is 5.23. The van der Waals surface area contributed by atoms with E-state index in [1.54, 1.807) is 0 Å². The second kappa shape index (κ2) is 7.40. The fourth-order valence-electron chi connectivity index (χ4n) is 4.74. The van der Waals surface area contributed by atoms with E-state index in [0.717, 1.165) is 33.3 Å². The minimum Gasteiger partial charge on any atom is -0.330 e. The SMILES string of the molecule is Cc1cc(Br)ccc1NC(=O)[C@H]1c2ccccc2C(=O)N2CCc3ccccc3[C@@H]12. The molecule has 0 aromatic heterocycles. The molecule has 3 aromatic carbocycles. The van der Waals surface area contributed by atoms with Crippen molar-refractivity contribution in [3.8, 4) is 0 Å². The number of hydrogen-bond acceptors (Lipinski definition) is 2. The summed E-state index contributed by atoms with van der Waals surface area (Å²) in [6.07, 6.45) is 0.806. The predicted molar refractivity (Wildman–Crippen MR) is 121 cm³/mol. The minimum atomic E-state index is -0.469. The Hall–Kier alpha value is -2.92. The van der Waals surface area contributed by atoms with Gasteiger partial charge in [-0.25, -0.2) is 0 Å². The van der Waals surface area contributed by atoms with E-state index in [1.165, 1.54) is 5.56 Å². The summed E-state index contributed by atoms with van der Waals surface area (Å²) in [4.78, 5) is 28.8. The van der Waals surface area contributed by atoms with E-state index in [9.17, 15) is 9.59 Å². The molecule has 2 aliphatic rings. The van der Waals surface area contributed by atoms with E-state index in [1.807, 2.05) is 66.4 Å². The first-order chi connectivity index (χ1) is 14.5. The van der Waals surface area contributed by atoms with Crippen LogP contribution in [0.2, 0.25) is 0 Å². The third-order valence-electron chi connectivity index (χ3n) is 6.16. The summed E-state index contributed by atoms with van der Waals surface area (Å²) < 4.78 is 0.971. The van der Waals surface area contributed by atoms with E-state index < -0.39 is 5.92 Å². The summed E-state index contributed by atoms with van der Waals surface area (Å²) >= 11 is 3.47. The van der Waals surface area contributed by atoms with Crippen LogP contribution in [0.3, 0.4) is 0 Å². The molecule has 150 valence electrons. The molecule has 1 N–H and O–H groups in total. The highest BCUT2D eigenvalue weighted by Crippen LogP contribution is 2.46. The Morgan fingerprint density at radius 2 is 1.77 bits per heavy atom. The first kappa shape index (κ1) is 19.1. The summed E-state index contributed by atoms with van der Waals surface area (Å²) in [6.45, 7) is 2.59. The summed E-state index contributed by atoms with van der Waals surface area (Å²) in [5.41, 5.74) is 5.48. The zero-order valence-corrected chi connectivity index (χ0v) is 18.1. The number of carbonyl (C=O) groups excluding carboxylic acids is 2. The maximum absolute atomic E-state index is 13.7. The van der Waals surface area contributed by atoms with Gasteiger partial charge in [0.25, 0.3) is 5.91 Å². The standard InChI is InChI=1S/C25H21BrN2O2/c1-15-14-17(26)10-11-21(15)27-24(29)22-19-8-4-5-9-20(19)25(30)28-13-12-16-6-2-3-7-18(16)23(22)28/h2-11,14,22-23H,12-13H2,1H3,(H,27,29)/t22-,23-/m0/s1. The second-order valence-electron chi connectivity index (χ2n) is 7.91. The van der Waals surface area contributed by atoms with Gasteiger partial charge in [0.1, 0.15) is 0 Å². The van der Waals surface area contributed by atoms with Crippen LogP contribution in [-0.2, 0) is 11.2 Å². The molecule has 2 atom stereocenters. The average molecular weight is 461 g/mol. The van der Waals surface area contributed by atoms with Crippen molar-refractivity contribution in [1.29, 1.82) is 0 Å². The van der Waals surface area contributed by atoms with Crippen molar-refractivity contribution in [2.75, 3.05) is 11.9 Å². The number of carbonyl (C=O) groups is 2.